The van der Waals surface area contributed by atoms with E-state index in [1.165, 1.54) is 16.5 Å². The zero-order chi connectivity index (χ0) is 9.42. The van der Waals surface area contributed by atoms with Crippen LogP contribution in [0.25, 0.3) is 10.9 Å². The second-order valence-electron chi connectivity index (χ2n) is 3.50. The van der Waals surface area contributed by atoms with Gasteiger partial charge in [-0.15, -0.1) is 0 Å². The average Bonchev–Trinajstić information content (AvgIpc) is 2.47. The van der Waals surface area contributed by atoms with E-state index in [-0.39, 0.29) is 0 Å². The first-order valence-electron chi connectivity index (χ1n) is 4.66. The van der Waals surface area contributed by atoms with E-state index in [4.69, 9.17) is 0 Å². The van der Waals surface area contributed by atoms with Crippen LogP contribution in [-0.4, -0.2) is 10.2 Å². The van der Waals surface area contributed by atoms with Crippen LogP contribution >= 0.6 is 0 Å². The Morgan fingerprint density at radius 3 is 2.77 bits per heavy atom. The highest BCUT2D eigenvalue weighted by molar-refractivity contribution is 5.82. The third kappa shape index (κ3) is 1.22. The van der Waals surface area contributed by atoms with Crippen LogP contribution in [0.15, 0.2) is 12.1 Å². The lowest BCUT2D eigenvalue weighted by molar-refractivity contribution is 1.06. The van der Waals surface area contributed by atoms with Crippen LogP contribution in [0.5, 0.6) is 0 Å². The van der Waals surface area contributed by atoms with Crippen LogP contribution in [0.4, 0.5) is 0 Å². The van der Waals surface area contributed by atoms with Crippen LogP contribution in [0.1, 0.15) is 23.7 Å². The number of aromatic amines is 1. The summed E-state index contributed by atoms with van der Waals surface area (Å²) in [6.45, 7) is 6.39. The van der Waals surface area contributed by atoms with Gasteiger partial charge in [0, 0.05) is 11.1 Å². The van der Waals surface area contributed by atoms with Gasteiger partial charge >= 0.3 is 0 Å². The second-order valence-corrected chi connectivity index (χ2v) is 3.50. The van der Waals surface area contributed by atoms with Gasteiger partial charge in [0.2, 0.25) is 0 Å². The van der Waals surface area contributed by atoms with E-state index in [0.717, 1.165) is 17.6 Å². The number of H-pyrrole nitrogens is 1. The smallest absolute Gasteiger partial charge is 0.0926 e. The molecule has 68 valence electrons. The summed E-state index contributed by atoms with van der Waals surface area (Å²) in [7, 11) is 0. The SMILES string of the molecule is CCc1cc2n[nH]c(C)c2cc1C. The molecule has 0 fully saturated rings. The van der Waals surface area contributed by atoms with E-state index in [1.54, 1.807) is 0 Å². The molecule has 13 heavy (non-hydrogen) atoms. The van der Waals surface area contributed by atoms with Gasteiger partial charge in [0.1, 0.15) is 0 Å². The maximum absolute atomic E-state index is 4.24. The second kappa shape index (κ2) is 2.87. The first kappa shape index (κ1) is 8.30. The first-order chi connectivity index (χ1) is 6.22. The Labute approximate surface area is 78.0 Å². The quantitative estimate of drug-likeness (QED) is 0.707. The number of aromatic nitrogens is 2. The van der Waals surface area contributed by atoms with Crippen molar-refractivity contribution < 1.29 is 0 Å². The number of hydrogen-bond acceptors (Lipinski definition) is 1. The molecule has 1 N–H and O–H groups in total. The molecule has 0 aliphatic carbocycles. The summed E-state index contributed by atoms with van der Waals surface area (Å²) in [5.74, 6) is 0. The predicted molar refractivity (Wildman–Crippen MR) is 54.9 cm³/mol. The molecule has 0 spiro atoms. The van der Waals surface area contributed by atoms with Crippen molar-refractivity contribution >= 4 is 10.9 Å². The van der Waals surface area contributed by atoms with E-state index < -0.39 is 0 Å². The largest absolute Gasteiger partial charge is 0.282 e. The Balaban J connectivity index is 2.76. The molecule has 1 heterocycles. The molecule has 0 bridgehead atoms. The van der Waals surface area contributed by atoms with Gasteiger partial charge in [-0.1, -0.05) is 6.92 Å². The number of nitrogens with zero attached hydrogens (tertiary/aromatic N) is 1. The van der Waals surface area contributed by atoms with Gasteiger partial charge < -0.3 is 0 Å². The molecule has 0 aliphatic rings. The fourth-order valence-corrected chi connectivity index (χ4v) is 1.72. The highest BCUT2D eigenvalue weighted by Gasteiger charge is 2.04. The van der Waals surface area contributed by atoms with Crippen molar-refractivity contribution in [2.45, 2.75) is 27.2 Å². The zero-order valence-electron chi connectivity index (χ0n) is 8.31. The molecule has 2 rings (SSSR count). The molecule has 0 amide bonds. The summed E-state index contributed by atoms with van der Waals surface area (Å²) in [6.07, 6.45) is 1.08. The Morgan fingerprint density at radius 2 is 2.08 bits per heavy atom. The lowest BCUT2D eigenvalue weighted by atomic mass is 10.0. The van der Waals surface area contributed by atoms with E-state index in [1.807, 2.05) is 0 Å². The molecular formula is C11H14N2. The number of fused-ring (bicyclic) bond motifs is 1. The third-order valence-electron chi connectivity index (χ3n) is 2.58. The topological polar surface area (TPSA) is 28.7 Å². The van der Waals surface area contributed by atoms with E-state index >= 15 is 0 Å². The van der Waals surface area contributed by atoms with E-state index in [2.05, 4.69) is 43.1 Å². The number of rotatable bonds is 1. The molecule has 1 aromatic heterocycles. The van der Waals surface area contributed by atoms with Crippen LogP contribution in [0, 0.1) is 13.8 Å². The van der Waals surface area contributed by atoms with Crippen molar-refractivity contribution in [3.63, 3.8) is 0 Å². The summed E-state index contributed by atoms with van der Waals surface area (Å²) in [4.78, 5) is 0. The molecule has 2 heteroatoms. The van der Waals surface area contributed by atoms with E-state index in [9.17, 15) is 0 Å². The first-order valence-corrected chi connectivity index (χ1v) is 4.66. The van der Waals surface area contributed by atoms with Crippen molar-refractivity contribution in [3.05, 3.63) is 29.0 Å². The molecule has 0 unspecified atom stereocenters. The molecule has 0 saturated heterocycles. The Kier molecular flexibility index (Phi) is 1.83. The van der Waals surface area contributed by atoms with Gasteiger partial charge in [0.25, 0.3) is 0 Å². The highest BCUT2D eigenvalue weighted by Crippen LogP contribution is 2.20. The van der Waals surface area contributed by atoms with Crippen molar-refractivity contribution in [2.24, 2.45) is 0 Å². The minimum absolute atomic E-state index is 1.08. The van der Waals surface area contributed by atoms with Crippen LogP contribution in [-0.2, 0) is 6.42 Å². The van der Waals surface area contributed by atoms with E-state index in [0.29, 0.717) is 0 Å². The van der Waals surface area contributed by atoms with Crippen molar-refractivity contribution in [1.82, 2.24) is 10.2 Å². The normalized spacial score (nSPS) is 11.0. The molecule has 1 aromatic carbocycles. The summed E-state index contributed by atoms with van der Waals surface area (Å²) >= 11 is 0. The highest BCUT2D eigenvalue weighted by atomic mass is 15.1. The Hall–Kier alpha value is -1.31. The Bertz CT molecular complexity index is 441. The third-order valence-corrected chi connectivity index (χ3v) is 2.58. The van der Waals surface area contributed by atoms with Crippen molar-refractivity contribution in [1.29, 1.82) is 0 Å². The van der Waals surface area contributed by atoms with Gasteiger partial charge in [-0.05, 0) is 43.5 Å². The van der Waals surface area contributed by atoms with Gasteiger partial charge in [-0.2, -0.15) is 5.10 Å². The molecule has 2 aromatic rings. The molecule has 0 atom stereocenters. The van der Waals surface area contributed by atoms with Crippen molar-refractivity contribution in [3.8, 4) is 0 Å². The van der Waals surface area contributed by atoms with Gasteiger partial charge in [-0.25, -0.2) is 0 Å². The van der Waals surface area contributed by atoms with Crippen LogP contribution in [0.3, 0.4) is 0 Å². The average molecular weight is 174 g/mol. The van der Waals surface area contributed by atoms with Gasteiger partial charge in [-0.3, -0.25) is 5.10 Å². The zero-order valence-corrected chi connectivity index (χ0v) is 8.31. The van der Waals surface area contributed by atoms with Gasteiger partial charge in [0.15, 0.2) is 0 Å². The van der Waals surface area contributed by atoms with Crippen LogP contribution < -0.4 is 0 Å². The summed E-state index contributed by atoms with van der Waals surface area (Å²) in [6, 6.07) is 4.39. The predicted octanol–water partition coefficient (Wildman–Crippen LogP) is 2.74. The van der Waals surface area contributed by atoms with Gasteiger partial charge in [0.05, 0.1) is 5.52 Å². The number of benzene rings is 1. The summed E-state index contributed by atoms with van der Waals surface area (Å²) in [5, 5.41) is 8.49. The number of aryl methyl sites for hydroxylation is 3. The monoisotopic (exact) mass is 174 g/mol. The minimum atomic E-state index is 1.08. The fourth-order valence-electron chi connectivity index (χ4n) is 1.72. The van der Waals surface area contributed by atoms with Crippen LogP contribution in [0.2, 0.25) is 0 Å². The molecule has 2 nitrogen and oxygen atoms in total. The van der Waals surface area contributed by atoms with Crippen molar-refractivity contribution in [2.75, 3.05) is 0 Å². The molecule has 0 aliphatic heterocycles. The summed E-state index contributed by atoms with van der Waals surface area (Å²) in [5.41, 5.74) is 4.99. The molecule has 0 saturated carbocycles. The fraction of sp³-hybridized carbons (Fsp3) is 0.364. The summed E-state index contributed by atoms with van der Waals surface area (Å²) < 4.78 is 0. The maximum Gasteiger partial charge on any atom is 0.0926 e. The lowest BCUT2D eigenvalue weighted by Gasteiger charge is -2.01. The maximum atomic E-state index is 4.24. The standard InChI is InChI=1S/C11H14N2/c1-4-9-6-11-10(5-7(9)2)8(3)12-13-11/h5-6H,4H2,1-3H3,(H,12,13). The lowest BCUT2D eigenvalue weighted by Crippen LogP contribution is -1.85. The number of hydrogen-bond donors (Lipinski definition) is 1. The molecular weight excluding hydrogens is 160 g/mol. The number of nitrogens with one attached hydrogen (secondary N) is 1. The Morgan fingerprint density at radius 1 is 1.31 bits per heavy atom. The molecule has 0 radical (unpaired) electrons. The minimum Gasteiger partial charge on any atom is -0.282 e.